The van der Waals surface area contributed by atoms with Gasteiger partial charge >= 0.3 is 0 Å². The molecule has 1 aromatic heterocycles. The lowest BCUT2D eigenvalue weighted by Gasteiger charge is -2.08. The number of nitro benzene ring substituents is 1. The number of non-ortho nitro benzene ring substituents is 1. The number of nitro groups is 1. The number of carbonyl (C=O) groups excluding carboxylic acids is 2. The van der Waals surface area contributed by atoms with E-state index in [-0.39, 0.29) is 22.5 Å². The maximum Gasteiger partial charge on any atom is 0.273 e. The summed E-state index contributed by atoms with van der Waals surface area (Å²) in [6, 6.07) is 17.5. The number of benzene rings is 3. The molecule has 3 aromatic carbocycles. The molecule has 2 amide bonds. The second kappa shape index (κ2) is 9.83. The van der Waals surface area contributed by atoms with Crippen LogP contribution in [0.5, 0.6) is 5.75 Å². The quantitative estimate of drug-likeness (QED) is 0.323. The Morgan fingerprint density at radius 2 is 1.71 bits per heavy atom. The van der Waals surface area contributed by atoms with Crippen molar-refractivity contribution in [3.05, 3.63) is 106 Å². The number of aromatic nitrogens is 2. The molecule has 10 nitrogen and oxygen atoms in total. The van der Waals surface area contributed by atoms with Crippen molar-refractivity contribution < 1.29 is 23.6 Å². The zero-order valence-electron chi connectivity index (χ0n) is 18.3. The van der Waals surface area contributed by atoms with Gasteiger partial charge in [-0.15, -0.1) is 0 Å². The number of hydrogen-bond donors (Lipinski definition) is 2. The SMILES string of the molecule is COc1cccc(-c2nn(-c3ccc(F)cc3)cc2C(=O)NNC(=O)c2cccc([N+](=O)[O-])c2)c1. The van der Waals surface area contributed by atoms with Gasteiger partial charge < -0.3 is 4.74 Å². The Balaban J connectivity index is 1.63. The highest BCUT2D eigenvalue weighted by Gasteiger charge is 2.20. The summed E-state index contributed by atoms with van der Waals surface area (Å²) in [7, 11) is 1.51. The van der Waals surface area contributed by atoms with Gasteiger partial charge in [-0.3, -0.25) is 30.6 Å². The molecule has 0 saturated carbocycles. The molecule has 2 N–H and O–H groups in total. The molecule has 4 aromatic rings. The third-order valence-corrected chi connectivity index (χ3v) is 5.00. The number of nitrogens with zero attached hydrogens (tertiary/aromatic N) is 3. The Bertz CT molecular complexity index is 1420. The molecule has 0 fully saturated rings. The van der Waals surface area contributed by atoms with Crippen molar-refractivity contribution in [3.63, 3.8) is 0 Å². The van der Waals surface area contributed by atoms with Gasteiger partial charge in [0.15, 0.2) is 0 Å². The van der Waals surface area contributed by atoms with Crippen molar-refractivity contribution in [3.8, 4) is 22.7 Å². The third kappa shape index (κ3) is 5.14. The first-order chi connectivity index (χ1) is 16.9. The van der Waals surface area contributed by atoms with Gasteiger partial charge in [-0.2, -0.15) is 5.10 Å². The molecule has 0 radical (unpaired) electrons. The summed E-state index contributed by atoms with van der Waals surface area (Å²) in [5.74, 6) is -1.30. The number of halogens is 1. The molecule has 0 aliphatic carbocycles. The minimum atomic E-state index is -0.740. The molecule has 0 atom stereocenters. The van der Waals surface area contributed by atoms with Gasteiger partial charge in [-0.1, -0.05) is 18.2 Å². The van der Waals surface area contributed by atoms with E-state index in [4.69, 9.17) is 4.74 Å². The van der Waals surface area contributed by atoms with E-state index in [9.17, 15) is 24.1 Å². The van der Waals surface area contributed by atoms with Crippen molar-refractivity contribution in [2.45, 2.75) is 0 Å². The van der Waals surface area contributed by atoms with Crippen molar-refractivity contribution in [2.75, 3.05) is 7.11 Å². The molecule has 4 rings (SSSR count). The molecule has 0 aliphatic rings. The molecule has 11 heteroatoms. The Morgan fingerprint density at radius 1 is 1.00 bits per heavy atom. The third-order valence-electron chi connectivity index (χ3n) is 5.00. The van der Waals surface area contributed by atoms with E-state index >= 15 is 0 Å². The van der Waals surface area contributed by atoms with Gasteiger partial charge in [0.2, 0.25) is 0 Å². The van der Waals surface area contributed by atoms with E-state index in [2.05, 4.69) is 16.0 Å². The summed E-state index contributed by atoms with van der Waals surface area (Å²) < 4.78 is 20.0. The van der Waals surface area contributed by atoms with E-state index in [1.165, 1.54) is 60.5 Å². The summed E-state index contributed by atoms with van der Waals surface area (Å²) in [6.07, 6.45) is 1.44. The highest BCUT2D eigenvalue weighted by Crippen LogP contribution is 2.27. The van der Waals surface area contributed by atoms with Crippen LogP contribution in [0.4, 0.5) is 10.1 Å². The number of nitrogens with one attached hydrogen (secondary N) is 2. The van der Waals surface area contributed by atoms with Gasteiger partial charge in [-0.05, 0) is 42.5 Å². The van der Waals surface area contributed by atoms with Crippen LogP contribution >= 0.6 is 0 Å². The summed E-state index contributed by atoms with van der Waals surface area (Å²) in [6.45, 7) is 0. The van der Waals surface area contributed by atoms with E-state index in [1.807, 2.05) is 0 Å². The number of ether oxygens (including phenoxy) is 1. The van der Waals surface area contributed by atoms with E-state index in [0.717, 1.165) is 6.07 Å². The molecule has 1 heterocycles. The predicted octanol–water partition coefficient (Wildman–Crippen LogP) is 3.67. The van der Waals surface area contributed by atoms with Gasteiger partial charge in [0.1, 0.15) is 17.3 Å². The minimum Gasteiger partial charge on any atom is -0.497 e. The number of hydrogen-bond acceptors (Lipinski definition) is 6. The average Bonchev–Trinajstić information content (AvgIpc) is 3.33. The standard InChI is InChI=1S/C24H18FN5O5/c1-35-20-7-3-4-15(13-20)22-21(14-29(28-22)18-10-8-17(25)9-11-18)24(32)27-26-23(31)16-5-2-6-19(12-16)30(33)34/h2-14H,1H3,(H,26,31)(H,27,32). The van der Waals surface area contributed by atoms with Crippen molar-refractivity contribution >= 4 is 17.5 Å². The maximum absolute atomic E-state index is 13.4. The molecular formula is C24H18FN5O5. The van der Waals surface area contributed by atoms with Crippen LogP contribution in [0.1, 0.15) is 20.7 Å². The Hall–Kier alpha value is -5.06. The van der Waals surface area contributed by atoms with Crippen molar-refractivity contribution in [2.24, 2.45) is 0 Å². The maximum atomic E-state index is 13.4. The summed E-state index contributed by atoms with van der Waals surface area (Å²) in [5, 5.41) is 15.4. The fourth-order valence-corrected chi connectivity index (χ4v) is 3.26. The lowest BCUT2D eigenvalue weighted by atomic mass is 10.1. The number of hydrazine groups is 1. The largest absolute Gasteiger partial charge is 0.497 e. The van der Waals surface area contributed by atoms with Crippen LogP contribution in [-0.2, 0) is 0 Å². The molecular weight excluding hydrogens is 457 g/mol. The highest BCUT2D eigenvalue weighted by molar-refractivity contribution is 6.02. The Morgan fingerprint density at radius 3 is 2.43 bits per heavy atom. The molecule has 0 spiro atoms. The van der Waals surface area contributed by atoms with Gasteiger partial charge in [0, 0.05) is 29.5 Å². The minimum absolute atomic E-state index is 0.00507. The normalized spacial score (nSPS) is 10.5. The number of methoxy groups -OCH3 is 1. The van der Waals surface area contributed by atoms with Gasteiger partial charge in [-0.25, -0.2) is 9.07 Å². The first-order valence-corrected chi connectivity index (χ1v) is 10.2. The molecule has 35 heavy (non-hydrogen) atoms. The average molecular weight is 475 g/mol. The second-order valence-corrected chi connectivity index (χ2v) is 7.26. The van der Waals surface area contributed by atoms with Crippen LogP contribution in [0.25, 0.3) is 16.9 Å². The fourth-order valence-electron chi connectivity index (χ4n) is 3.26. The van der Waals surface area contributed by atoms with Crippen LogP contribution in [0.3, 0.4) is 0 Å². The van der Waals surface area contributed by atoms with Crippen molar-refractivity contribution in [1.82, 2.24) is 20.6 Å². The summed E-state index contributed by atoms with van der Waals surface area (Å²) in [5.41, 5.74) is 5.77. The first kappa shape index (κ1) is 23.1. The van der Waals surface area contributed by atoms with E-state index in [1.54, 1.807) is 24.3 Å². The molecule has 176 valence electrons. The van der Waals surface area contributed by atoms with Crippen LogP contribution in [-0.4, -0.2) is 33.6 Å². The van der Waals surface area contributed by atoms with E-state index in [0.29, 0.717) is 17.0 Å². The summed E-state index contributed by atoms with van der Waals surface area (Å²) >= 11 is 0. The zero-order chi connectivity index (χ0) is 24.9. The van der Waals surface area contributed by atoms with Crippen LogP contribution < -0.4 is 15.6 Å². The smallest absolute Gasteiger partial charge is 0.273 e. The predicted molar refractivity (Wildman–Crippen MR) is 124 cm³/mol. The number of amides is 2. The summed E-state index contributed by atoms with van der Waals surface area (Å²) in [4.78, 5) is 35.8. The zero-order valence-corrected chi connectivity index (χ0v) is 18.3. The number of carbonyl (C=O) groups is 2. The Labute approximate surface area is 198 Å². The molecule has 0 unspecified atom stereocenters. The molecule has 0 saturated heterocycles. The lowest BCUT2D eigenvalue weighted by Crippen LogP contribution is -2.41. The van der Waals surface area contributed by atoms with Crippen LogP contribution in [0.15, 0.2) is 79.0 Å². The van der Waals surface area contributed by atoms with Gasteiger partial charge in [0.05, 0.1) is 23.3 Å². The number of rotatable bonds is 6. The van der Waals surface area contributed by atoms with Crippen LogP contribution in [0.2, 0.25) is 0 Å². The Kier molecular flexibility index (Phi) is 6.49. The van der Waals surface area contributed by atoms with Crippen LogP contribution in [0, 0.1) is 15.9 Å². The fraction of sp³-hybridized carbons (Fsp3) is 0.0417. The highest BCUT2D eigenvalue weighted by atomic mass is 19.1. The topological polar surface area (TPSA) is 128 Å². The monoisotopic (exact) mass is 475 g/mol. The van der Waals surface area contributed by atoms with Gasteiger partial charge in [0.25, 0.3) is 17.5 Å². The molecule has 0 aliphatic heterocycles. The van der Waals surface area contributed by atoms with Crippen molar-refractivity contribution in [1.29, 1.82) is 0 Å². The lowest BCUT2D eigenvalue weighted by molar-refractivity contribution is -0.384. The molecule has 0 bridgehead atoms. The second-order valence-electron chi connectivity index (χ2n) is 7.26. The van der Waals surface area contributed by atoms with E-state index < -0.39 is 22.6 Å². The first-order valence-electron chi connectivity index (χ1n) is 10.2.